The molecule has 0 aromatic heterocycles. The zero-order valence-corrected chi connectivity index (χ0v) is 9.57. The van der Waals surface area contributed by atoms with Crippen LogP contribution in [0.2, 0.25) is 0 Å². The Kier molecular flexibility index (Phi) is 4.71. The molecule has 90 valence electrons. The molecule has 0 saturated carbocycles. The van der Waals surface area contributed by atoms with E-state index in [9.17, 15) is 4.39 Å². The lowest BCUT2D eigenvalue weighted by atomic mass is 10.1. The first-order chi connectivity index (χ1) is 7.54. The van der Waals surface area contributed by atoms with Crippen molar-refractivity contribution in [1.82, 2.24) is 5.32 Å². The number of nitrogens with one attached hydrogen (secondary N) is 1. The number of phenols is 1. The lowest BCUT2D eigenvalue weighted by Gasteiger charge is -2.19. The first-order valence-corrected chi connectivity index (χ1v) is 5.36. The van der Waals surface area contributed by atoms with E-state index in [1.807, 2.05) is 13.8 Å². The van der Waals surface area contributed by atoms with Crippen LogP contribution in [0.5, 0.6) is 5.75 Å². The van der Waals surface area contributed by atoms with Gasteiger partial charge in [-0.15, -0.1) is 0 Å². The summed E-state index contributed by atoms with van der Waals surface area (Å²) in [7, 11) is 0. The maximum Gasteiger partial charge on any atom is 0.165 e. The molecular weight excluding hydrogens is 209 g/mol. The fourth-order valence-electron chi connectivity index (χ4n) is 1.42. The van der Waals surface area contributed by atoms with E-state index in [2.05, 4.69) is 5.32 Å². The maximum absolute atomic E-state index is 13.0. The van der Waals surface area contributed by atoms with Crippen molar-refractivity contribution in [2.75, 3.05) is 6.61 Å². The van der Waals surface area contributed by atoms with Crippen LogP contribution in [0.1, 0.15) is 19.4 Å². The second-order valence-electron chi connectivity index (χ2n) is 4.20. The third-order valence-corrected chi connectivity index (χ3v) is 2.58. The number of halogens is 1. The van der Waals surface area contributed by atoms with Crippen LogP contribution >= 0.6 is 0 Å². The van der Waals surface area contributed by atoms with Crippen molar-refractivity contribution in [3.8, 4) is 5.75 Å². The summed E-state index contributed by atoms with van der Waals surface area (Å²) in [6.07, 6.45) is 0. The number of hydrogen-bond donors (Lipinski definition) is 3. The second kappa shape index (κ2) is 5.82. The quantitative estimate of drug-likeness (QED) is 0.716. The smallest absolute Gasteiger partial charge is 0.165 e. The van der Waals surface area contributed by atoms with Crippen molar-refractivity contribution in [2.45, 2.75) is 26.4 Å². The molecule has 0 radical (unpaired) electrons. The number of aliphatic hydroxyl groups excluding tert-OH is 1. The lowest BCUT2D eigenvalue weighted by molar-refractivity contribution is 0.210. The molecule has 0 bridgehead atoms. The van der Waals surface area contributed by atoms with Gasteiger partial charge in [0.05, 0.1) is 6.61 Å². The van der Waals surface area contributed by atoms with Gasteiger partial charge in [0.25, 0.3) is 0 Å². The normalized spacial score (nSPS) is 13.1. The van der Waals surface area contributed by atoms with Crippen LogP contribution in [0.15, 0.2) is 18.2 Å². The summed E-state index contributed by atoms with van der Waals surface area (Å²) >= 11 is 0. The van der Waals surface area contributed by atoms with Gasteiger partial charge in [0.2, 0.25) is 0 Å². The molecule has 1 atom stereocenters. The van der Waals surface area contributed by atoms with Crippen LogP contribution in [-0.4, -0.2) is 22.9 Å². The van der Waals surface area contributed by atoms with Gasteiger partial charge in [0.1, 0.15) is 0 Å². The van der Waals surface area contributed by atoms with Crippen molar-refractivity contribution < 1.29 is 14.6 Å². The van der Waals surface area contributed by atoms with E-state index in [1.54, 1.807) is 6.07 Å². The second-order valence-corrected chi connectivity index (χ2v) is 4.20. The van der Waals surface area contributed by atoms with Crippen molar-refractivity contribution in [2.24, 2.45) is 5.92 Å². The Bertz CT molecular complexity index is 342. The Balaban J connectivity index is 2.57. The summed E-state index contributed by atoms with van der Waals surface area (Å²) < 4.78 is 13.0. The third kappa shape index (κ3) is 3.47. The van der Waals surface area contributed by atoms with Gasteiger partial charge in [-0.1, -0.05) is 19.9 Å². The molecule has 1 aromatic rings. The number of aromatic hydroxyl groups is 1. The molecule has 0 saturated heterocycles. The summed E-state index contributed by atoms with van der Waals surface area (Å²) in [6, 6.07) is 4.27. The molecule has 1 rings (SSSR count). The number of phenolic OH excluding ortho intramolecular Hbond substituents is 1. The number of hydrogen-bond acceptors (Lipinski definition) is 3. The van der Waals surface area contributed by atoms with Gasteiger partial charge in [-0.2, -0.15) is 0 Å². The molecule has 4 heteroatoms. The van der Waals surface area contributed by atoms with Gasteiger partial charge in [-0.3, -0.25) is 0 Å². The van der Waals surface area contributed by atoms with Crippen LogP contribution < -0.4 is 5.32 Å². The van der Waals surface area contributed by atoms with E-state index in [0.29, 0.717) is 12.5 Å². The van der Waals surface area contributed by atoms with Gasteiger partial charge in [-0.05, 0) is 23.6 Å². The Morgan fingerprint density at radius 3 is 2.56 bits per heavy atom. The first-order valence-electron chi connectivity index (χ1n) is 5.36. The minimum Gasteiger partial charge on any atom is -0.505 e. The monoisotopic (exact) mass is 227 g/mol. The summed E-state index contributed by atoms with van der Waals surface area (Å²) in [6.45, 7) is 4.54. The predicted molar refractivity (Wildman–Crippen MR) is 60.6 cm³/mol. The molecule has 1 aromatic carbocycles. The van der Waals surface area contributed by atoms with E-state index in [0.717, 1.165) is 5.56 Å². The minimum atomic E-state index is -0.621. The van der Waals surface area contributed by atoms with Crippen LogP contribution in [0.3, 0.4) is 0 Å². The van der Waals surface area contributed by atoms with Gasteiger partial charge in [0, 0.05) is 12.6 Å². The zero-order chi connectivity index (χ0) is 12.1. The largest absolute Gasteiger partial charge is 0.505 e. The molecule has 0 spiro atoms. The highest BCUT2D eigenvalue weighted by Gasteiger charge is 2.11. The molecule has 3 nitrogen and oxygen atoms in total. The van der Waals surface area contributed by atoms with Crippen LogP contribution in [0, 0.1) is 11.7 Å². The number of aliphatic hydroxyl groups is 1. The average Bonchev–Trinajstić information content (AvgIpc) is 2.23. The molecule has 0 aliphatic heterocycles. The van der Waals surface area contributed by atoms with Crippen molar-refractivity contribution >= 4 is 0 Å². The predicted octanol–water partition coefficient (Wildman–Crippen LogP) is 1.64. The first kappa shape index (κ1) is 12.9. The van der Waals surface area contributed by atoms with E-state index >= 15 is 0 Å². The molecule has 16 heavy (non-hydrogen) atoms. The highest BCUT2D eigenvalue weighted by atomic mass is 19.1. The Hall–Kier alpha value is -1.13. The van der Waals surface area contributed by atoms with E-state index in [1.165, 1.54) is 12.1 Å². The van der Waals surface area contributed by atoms with Gasteiger partial charge in [-0.25, -0.2) is 4.39 Å². The molecule has 3 N–H and O–H groups in total. The Morgan fingerprint density at radius 1 is 1.38 bits per heavy atom. The minimum absolute atomic E-state index is 0.00290. The van der Waals surface area contributed by atoms with E-state index in [4.69, 9.17) is 10.2 Å². The summed E-state index contributed by atoms with van der Waals surface area (Å²) in [5.74, 6) is -0.650. The topological polar surface area (TPSA) is 52.5 Å². The Labute approximate surface area is 94.9 Å². The Morgan fingerprint density at radius 2 is 2.06 bits per heavy atom. The average molecular weight is 227 g/mol. The molecule has 1 unspecified atom stereocenters. The molecule has 0 amide bonds. The molecule has 0 heterocycles. The van der Waals surface area contributed by atoms with E-state index in [-0.39, 0.29) is 18.4 Å². The zero-order valence-electron chi connectivity index (χ0n) is 9.57. The summed E-state index contributed by atoms with van der Waals surface area (Å²) in [5.41, 5.74) is 0.745. The van der Waals surface area contributed by atoms with E-state index < -0.39 is 5.82 Å². The number of rotatable bonds is 5. The van der Waals surface area contributed by atoms with Crippen LogP contribution in [0.4, 0.5) is 4.39 Å². The van der Waals surface area contributed by atoms with Crippen LogP contribution in [0.25, 0.3) is 0 Å². The highest BCUT2D eigenvalue weighted by Crippen LogP contribution is 2.16. The third-order valence-electron chi connectivity index (χ3n) is 2.58. The van der Waals surface area contributed by atoms with Gasteiger partial charge >= 0.3 is 0 Å². The highest BCUT2D eigenvalue weighted by molar-refractivity contribution is 5.27. The molecule has 0 aliphatic carbocycles. The SMILES string of the molecule is CC(C)C(CO)NCc1ccc(O)c(F)c1. The fourth-order valence-corrected chi connectivity index (χ4v) is 1.42. The van der Waals surface area contributed by atoms with Gasteiger partial charge < -0.3 is 15.5 Å². The molecular formula is C12H18FNO2. The number of benzene rings is 1. The van der Waals surface area contributed by atoms with Crippen molar-refractivity contribution in [3.05, 3.63) is 29.6 Å². The standard InChI is InChI=1S/C12H18FNO2/c1-8(2)11(7-15)14-6-9-3-4-12(16)10(13)5-9/h3-5,8,11,14-16H,6-7H2,1-2H3. The van der Waals surface area contributed by atoms with Crippen LogP contribution in [-0.2, 0) is 6.54 Å². The lowest BCUT2D eigenvalue weighted by Crippen LogP contribution is -2.36. The van der Waals surface area contributed by atoms with Crippen molar-refractivity contribution in [1.29, 1.82) is 0 Å². The fraction of sp³-hybridized carbons (Fsp3) is 0.500. The molecule has 0 fully saturated rings. The molecule has 0 aliphatic rings. The van der Waals surface area contributed by atoms with Gasteiger partial charge in [0.15, 0.2) is 11.6 Å². The summed E-state index contributed by atoms with van der Waals surface area (Å²) in [5, 5.41) is 21.3. The maximum atomic E-state index is 13.0. The summed E-state index contributed by atoms with van der Waals surface area (Å²) in [4.78, 5) is 0. The van der Waals surface area contributed by atoms with Crippen molar-refractivity contribution in [3.63, 3.8) is 0 Å².